The van der Waals surface area contributed by atoms with E-state index in [1.165, 1.54) is 5.56 Å². The van der Waals surface area contributed by atoms with Crippen molar-refractivity contribution in [2.45, 2.75) is 26.3 Å². The minimum Gasteiger partial charge on any atom is -0.464 e. The first-order valence-electron chi connectivity index (χ1n) is 11.8. The number of fused-ring (bicyclic) bond motifs is 2. The molecular formula is C26H29N3O5. The van der Waals surface area contributed by atoms with Crippen LogP contribution in [0.15, 0.2) is 62.4 Å². The predicted molar refractivity (Wildman–Crippen MR) is 130 cm³/mol. The lowest BCUT2D eigenvalue weighted by Gasteiger charge is -2.23. The van der Waals surface area contributed by atoms with Crippen molar-refractivity contribution < 1.29 is 18.4 Å². The summed E-state index contributed by atoms with van der Waals surface area (Å²) in [6, 6.07) is 13.4. The fourth-order valence-corrected chi connectivity index (χ4v) is 4.75. The Hall–Kier alpha value is -3.36. The number of rotatable bonds is 7. The van der Waals surface area contributed by atoms with E-state index in [2.05, 4.69) is 16.3 Å². The molecule has 1 fully saturated rings. The normalized spacial score (nSPS) is 17.3. The van der Waals surface area contributed by atoms with Crippen LogP contribution in [-0.2, 0) is 22.5 Å². The highest BCUT2D eigenvalue weighted by molar-refractivity contribution is 5.94. The smallest absolute Gasteiger partial charge is 0.419 e. The number of nitrogens with one attached hydrogen (secondary N) is 1. The molecule has 178 valence electrons. The van der Waals surface area contributed by atoms with Crippen molar-refractivity contribution in [2.24, 2.45) is 5.92 Å². The van der Waals surface area contributed by atoms with Crippen molar-refractivity contribution in [3.63, 3.8) is 0 Å². The Morgan fingerprint density at radius 1 is 1.18 bits per heavy atom. The molecule has 34 heavy (non-hydrogen) atoms. The van der Waals surface area contributed by atoms with Crippen LogP contribution in [0, 0.1) is 5.92 Å². The number of amides is 1. The lowest BCUT2D eigenvalue weighted by atomic mass is 9.97. The third-order valence-electron chi connectivity index (χ3n) is 6.28. The highest BCUT2D eigenvalue weighted by Gasteiger charge is 2.22. The number of ether oxygens (including phenoxy) is 1. The standard InChI is InChI=1S/C26H29N3O5/c1-2-9-29-22-7-6-20(14-24(22)34-26(29)31)27-25(30)16-28-10-12-32-17-18(15-28)13-19-4-3-5-23-21(19)8-11-33-23/h3-8,11,14,18H,2,9-10,12-13,15-17H2,1H3,(H,27,30)/t18-/m0/s1. The molecule has 0 saturated carbocycles. The Morgan fingerprint density at radius 3 is 2.97 bits per heavy atom. The average molecular weight is 464 g/mol. The minimum absolute atomic E-state index is 0.104. The van der Waals surface area contributed by atoms with Gasteiger partial charge in [0.1, 0.15) is 5.58 Å². The molecule has 1 N–H and O–H groups in total. The molecule has 5 rings (SSSR count). The first kappa shape index (κ1) is 22.4. The van der Waals surface area contributed by atoms with Crippen LogP contribution in [0.4, 0.5) is 5.69 Å². The number of carbonyl (C=O) groups is 1. The zero-order chi connectivity index (χ0) is 23.5. The number of aromatic nitrogens is 1. The molecular weight excluding hydrogens is 434 g/mol. The van der Waals surface area contributed by atoms with Gasteiger partial charge in [0, 0.05) is 36.8 Å². The Bertz CT molecular complexity index is 1350. The molecule has 8 heteroatoms. The number of hydrogen-bond acceptors (Lipinski definition) is 6. The van der Waals surface area contributed by atoms with Crippen LogP contribution >= 0.6 is 0 Å². The van der Waals surface area contributed by atoms with Gasteiger partial charge in [-0.05, 0) is 48.6 Å². The molecule has 1 saturated heterocycles. The number of anilines is 1. The molecule has 1 aliphatic heterocycles. The van der Waals surface area contributed by atoms with Crippen molar-refractivity contribution in [1.29, 1.82) is 0 Å². The van der Waals surface area contributed by atoms with Crippen LogP contribution in [0.1, 0.15) is 18.9 Å². The van der Waals surface area contributed by atoms with E-state index in [1.807, 2.05) is 31.2 Å². The quantitative estimate of drug-likeness (QED) is 0.447. The molecule has 2 aromatic carbocycles. The zero-order valence-electron chi connectivity index (χ0n) is 19.3. The fraction of sp³-hybridized carbons (Fsp3) is 0.385. The van der Waals surface area contributed by atoms with Crippen LogP contribution in [0.2, 0.25) is 0 Å². The van der Waals surface area contributed by atoms with E-state index in [4.69, 9.17) is 13.6 Å². The molecule has 8 nitrogen and oxygen atoms in total. The first-order chi connectivity index (χ1) is 16.6. The van der Waals surface area contributed by atoms with Crippen LogP contribution in [0.25, 0.3) is 22.1 Å². The second-order valence-corrected chi connectivity index (χ2v) is 8.88. The summed E-state index contributed by atoms with van der Waals surface area (Å²) < 4.78 is 18.3. The second kappa shape index (κ2) is 9.87. The van der Waals surface area contributed by atoms with Crippen LogP contribution in [0.5, 0.6) is 0 Å². The van der Waals surface area contributed by atoms with Crippen molar-refractivity contribution in [3.8, 4) is 0 Å². The van der Waals surface area contributed by atoms with E-state index in [9.17, 15) is 9.59 Å². The summed E-state index contributed by atoms with van der Waals surface area (Å²) in [4.78, 5) is 27.0. The number of furan rings is 1. The molecule has 0 spiro atoms. The molecule has 2 aromatic heterocycles. The van der Waals surface area contributed by atoms with E-state index < -0.39 is 0 Å². The van der Waals surface area contributed by atoms with E-state index in [0.717, 1.165) is 35.9 Å². The van der Waals surface area contributed by atoms with Crippen molar-refractivity contribution in [1.82, 2.24) is 9.47 Å². The van der Waals surface area contributed by atoms with Gasteiger partial charge in [0.25, 0.3) is 0 Å². The number of hydrogen-bond donors (Lipinski definition) is 1. The maximum atomic E-state index is 12.8. The molecule has 4 aromatic rings. The summed E-state index contributed by atoms with van der Waals surface area (Å²) >= 11 is 0. The van der Waals surface area contributed by atoms with Gasteiger partial charge in [-0.3, -0.25) is 14.3 Å². The highest BCUT2D eigenvalue weighted by Crippen LogP contribution is 2.24. The Labute approximate surface area is 197 Å². The Kier molecular flexibility index (Phi) is 6.51. The van der Waals surface area contributed by atoms with Gasteiger partial charge in [0.05, 0.1) is 31.5 Å². The van der Waals surface area contributed by atoms with Crippen molar-refractivity contribution in [3.05, 3.63) is 64.8 Å². The summed E-state index contributed by atoms with van der Waals surface area (Å²) in [6.45, 7) is 5.62. The Morgan fingerprint density at radius 2 is 2.09 bits per heavy atom. The molecule has 0 bridgehead atoms. The van der Waals surface area contributed by atoms with Crippen molar-refractivity contribution in [2.75, 3.05) is 38.2 Å². The third kappa shape index (κ3) is 4.78. The summed E-state index contributed by atoms with van der Waals surface area (Å²) in [5.41, 5.74) is 3.96. The van der Waals surface area contributed by atoms with Gasteiger partial charge in [-0.2, -0.15) is 0 Å². The monoisotopic (exact) mass is 463 g/mol. The summed E-state index contributed by atoms with van der Waals surface area (Å²) in [6.07, 6.45) is 3.42. The Balaban J connectivity index is 1.23. The maximum Gasteiger partial charge on any atom is 0.419 e. The van der Waals surface area contributed by atoms with Crippen LogP contribution in [0.3, 0.4) is 0 Å². The van der Waals surface area contributed by atoms with E-state index in [-0.39, 0.29) is 24.1 Å². The number of aryl methyl sites for hydroxylation is 1. The second-order valence-electron chi connectivity index (χ2n) is 8.88. The summed E-state index contributed by atoms with van der Waals surface area (Å²) in [5, 5.41) is 4.07. The zero-order valence-corrected chi connectivity index (χ0v) is 19.3. The molecule has 3 heterocycles. The van der Waals surface area contributed by atoms with Gasteiger partial charge in [-0.15, -0.1) is 0 Å². The largest absolute Gasteiger partial charge is 0.464 e. The van der Waals surface area contributed by atoms with Gasteiger partial charge in [-0.1, -0.05) is 19.1 Å². The van der Waals surface area contributed by atoms with Gasteiger partial charge in [-0.25, -0.2) is 4.79 Å². The van der Waals surface area contributed by atoms with Crippen molar-refractivity contribution >= 4 is 33.7 Å². The number of oxazole rings is 1. The molecule has 0 radical (unpaired) electrons. The molecule has 0 aliphatic carbocycles. The summed E-state index contributed by atoms with van der Waals surface area (Å²) in [5.74, 6) is -0.200. The first-order valence-corrected chi connectivity index (χ1v) is 11.8. The number of nitrogens with zero attached hydrogens (tertiary/aromatic N) is 2. The molecule has 1 amide bonds. The fourth-order valence-electron chi connectivity index (χ4n) is 4.75. The van der Waals surface area contributed by atoms with Gasteiger partial charge in [0.15, 0.2) is 5.58 Å². The maximum absolute atomic E-state index is 12.8. The average Bonchev–Trinajstić information content (AvgIpc) is 3.34. The number of carbonyl (C=O) groups excluding carboxylic acids is 1. The lowest BCUT2D eigenvalue weighted by Crippen LogP contribution is -2.37. The lowest BCUT2D eigenvalue weighted by molar-refractivity contribution is -0.117. The van der Waals surface area contributed by atoms with Crippen LogP contribution < -0.4 is 11.1 Å². The number of benzene rings is 2. The van der Waals surface area contributed by atoms with Crippen LogP contribution in [-0.4, -0.2) is 48.2 Å². The van der Waals surface area contributed by atoms with E-state index in [1.54, 1.807) is 23.0 Å². The van der Waals surface area contributed by atoms with Gasteiger partial charge < -0.3 is 18.9 Å². The van der Waals surface area contributed by atoms with E-state index >= 15 is 0 Å². The highest BCUT2D eigenvalue weighted by atomic mass is 16.5. The topological polar surface area (TPSA) is 89.9 Å². The predicted octanol–water partition coefficient (Wildman–Crippen LogP) is 3.88. The minimum atomic E-state index is -0.373. The van der Waals surface area contributed by atoms with E-state index in [0.29, 0.717) is 37.6 Å². The van der Waals surface area contributed by atoms with Gasteiger partial charge >= 0.3 is 5.76 Å². The summed E-state index contributed by atoms with van der Waals surface area (Å²) in [7, 11) is 0. The SMILES string of the molecule is CCCn1c(=O)oc2cc(NC(=O)CN3CCOC[C@@H](Cc4cccc5occc45)C3)ccc21. The van der Waals surface area contributed by atoms with Gasteiger partial charge in [0.2, 0.25) is 5.91 Å². The molecule has 1 aliphatic rings. The molecule has 1 atom stereocenters. The third-order valence-corrected chi connectivity index (χ3v) is 6.28. The molecule has 0 unspecified atom stereocenters.